The summed E-state index contributed by atoms with van der Waals surface area (Å²) in [4.78, 5) is 0. The van der Waals surface area contributed by atoms with E-state index in [4.69, 9.17) is 4.42 Å². The normalized spacial score (nSPS) is 19.6. The fraction of sp³-hybridized carbons (Fsp3) is 0.375. The molecular formula is C16H17Br2NO. The summed E-state index contributed by atoms with van der Waals surface area (Å²) in [5, 5.41) is 3.73. The van der Waals surface area contributed by atoms with Crippen LogP contribution in [0.25, 0.3) is 0 Å². The van der Waals surface area contributed by atoms with Crippen molar-refractivity contribution in [3.8, 4) is 0 Å². The van der Waals surface area contributed by atoms with Gasteiger partial charge in [0.2, 0.25) is 0 Å². The van der Waals surface area contributed by atoms with E-state index in [0.29, 0.717) is 12.1 Å². The molecule has 20 heavy (non-hydrogen) atoms. The summed E-state index contributed by atoms with van der Waals surface area (Å²) in [5.74, 6) is 1.15. The summed E-state index contributed by atoms with van der Waals surface area (Å²) < 4.78 is 7.78. The van der Waals surface area contributed by atoms with Gasteiger partial charge in [-0.2, -0.15) is 0 Å². The van der Waals surface area contributed by atoms with Gasteiger partial charge < -0.3 is 9.73 Å². The Kier molecular flexibility index (Phi) is 4.34. The Labute approximate surface area is 136 Å². The van der Waals surface area contributed by atoms with Crippen LogP contribution in [0.3, 0.4) is 0 Å². The Morgan fingerprint density at radius 2 is 2.15 bits per heavy atom. The molecule has 0 saturated heterocycles. The van der Waals surface area contributed by atoms with Crippen LogP contribution in [0, 0.1) is 0 Å². The van der Waals surface area contributed by atoms with Crippen molar-refractivity contribution in [1.82, 2.24) is 5.32 Å². The second kappa shape index (κ2) is 6.04. The molecule has 1 aromatic heterocycles. The Morgan fingerprint density at radius 1 is 1.30 bits per heavy atom. The zero-order valence-corrected chi connectivity index (χ0v) is 14.5. The Morgan fingerprint density at radius 3 is 2.95 bits per heavy atom. The maximum atomic E-state index is 5.56. The van der Waals surface area contributed by atoms with E-state index in [1.165, 1.54) is 24.0 Å². The first-order chi connectivity index (χ1) is 9.65. The molecule has 0 bridgehead atoms. The molecule has 2 nitrogen and oxygen atoms in total. The lowest BCUT2D eigenvalue weighted by Gasteiger charge is -2.27. The molecule has 0 spiro atoms. The van der Waals surface area contributed by atoms with Crippen molar-refractivity contribution in [3.63, 3.8) is 0 Å². The largest absolute Gasteiger partial charge is 0.469 e. The van der Waals surface area contributed by atoms with Gasteiger partial charge in [-0.25, -0.2) is 0 Å². The van der Waals surface area contributed by atoms with Crippen LogP contribution in [0.15, 0.2) is 43.9 Å². The smallest absolute Gasteiger partial charge is 0.108 e. The highest BCUT2D eigenvalue weighted by molar-refractivity contribution is 9.11. The molecule has 1 aliphatic carbocycles. The molecule has 1 aromatic carbocycles. The minimum absolute atomic E-state index is 0.295. The molecule has 2 aromatic rings. The van der Waals surface area contributed by atoms with Crippen molar-refractivity contribution in [2.24, 2.45) is 0 Å². The first-order valence-electron chi connectivity index (χ1n) is 6.92. The average molecular weight is 399 g/mol. The van der Waals surface area contributed by atoms with Gasteiger partial charge in [-0.3, -0.25) is 0 Å². The van der Waals surface area contributed by atoms with Crippen LogP contribution in [-0.2, 0) is 6.42 Å². The highest BCUT2D eigenvalue weighted by atomic mass is 79.9. The topological polar surface area (TPSA) is 25.2 Å². The first-order valence-corrected chi connectivity index (χ1v) is 8.51. The van der Waals surface area contributed by atoms with E-state index in [0.717, 1.165) is 21.1 Å². The average Bonchev–Trinajstić information content (AvgIpc) is 2.87. The molecule has 0 fully saturated rings. The summed E-state index contributed by atoms with van der Waals surface area (Å²) in [6.07, 6.45) is 5.24. The minimum atomic E-state index is 0.295. The van der Waals surface area contributed by atoms with Crippen LogP contribution >= 0.6 is 31.9 Å². The molecule has 106 valence electrons. The van der Waals surface area contributed by atoms with Gasteiger partial charge >= 0.3 is 0 Å². The molecule has 1 N–H and O–H groups in total. The molecular weight excluding hydrogens is 382 g/mol. The number of halogens is 2. The molecule has 0 saturated carbocycles. The van der Waals surface area contributed by atoms with Gasteiger partial charge in [-0.05, 0) is 43.5 Å². The third kappa shape index (κ3) is 2.87. The van der Waals surface area contributed by atoms with Crippen LogP contribution in [0.1, 0.15) is 48.7 Å². The van der Waals surface area contributed by atoms with E-state index in [-0.39, 0.29) is 0 Å². The molecule has 0 aliphatic heterocycles. The molecule has 0 amide bonds. The number of fused-ring (bicyclic) bond motifs is 1. The van der Waals surface area contributed by atoms with E-state index < -0.39 is 0 Å². The van der Waals surface area contributed by atoms with Crippen LogP contribution in [0.5, 0.6) is 0 Å². The predicted octanol–water partition coefficient (Wildman–Crippen LogP) is 5.53. The van der Waals surface area contributed by atoms with Gasteiger partial charge in [0.25, 0.3) is 0 Å². The number of hydrogen-bond acceptors (Lipinski definition) is 2. The molecule has 2 unspecified atom stereocenters. The summed E-state index contributed by atoms with van der Waals surface area (Å²) in [6.45, 7) is 2.21. The number of aryl methyl sites for hydroxylation is 1. The molecule has 4 heteroatoms. The van der Waals surface area contributed by atoms with Crippen molar-refractivity contribution in [2.45, 2.75) is 38.3 Å². The predicted molar refractivity (Wildman–Crippen MR) is 87.8 cm³/mol. The van der Waals surface area contributed by atoms with E-state index in [1.807, 2.05) is 6.26 Å². The number of furan rings is 1. The lowest BCUT2D eigenvalue weighted by atomic mass is 9.92. The maximum Gasteiger partial charge on any atom is 0.108 e. The molecule has 2 atom stereocenters. The highest BCUT2D eigenvalue weighted by Gasteiger charge is 2.24. The quantitative estimate of drug-likeness (QED) is 0.734. The second-order valence-corrected chi connectivity index (χ2v) is 7.07. The van der Waals surface area contributed by atoms with E-state index in [9.17, 15) is 0 Å². The lowest BCUT2D eigenvalue weighted by molar-refractivity contribution is 0.385. The van der Waals surface area contributed by atoms with Crippen molar-refractivity contribution >= 4 is 31.9 Å². The fourth-order valence-corrected chi connectivity index (χ4v) is 4.29. The first kappa shape index (κ1) is 14.4. The summed E-state index contributed by atoms with van der Waals surface area (Å²) in [7, 11) is 0. The van der Waals surface area contributed by atoms with Crippen molar-refractivity contribution < 1.29 is 4.42 Å². The standard InChI is InChI=1S/C16H17Br2NO/c1-10(12-6-5-11(17)9-14(12)18)19-15-3-2-4-16-13(15)7-8-20-16/h5-10,15,19H,2-4H2,1H3. The summed E-state index contributed by atoms with van der Waals surface area (Å²) >= 11 is 7.15. The zero-order valence-electron chi connectivity index (χ0n) is 11.3. The fourth-order valence-electron chi connectivity index (χ4n) is 2.90. The van der Waals surface area contributed by atoms with E-state index in [2.05, 4.69) is 68.4 Å². The van der Waals surface area contributed by atoms with Gasteiger partial charge in [-0.1, -0.05) is 37.9 Å². The van der Waals surface area contributed by atoms with Crippen LogP contribution in [0.4, 0.5) is 0 Å². The lowest BCUT2D eigenvalue weighted by Crippen LogP contribution is -2.27. The minimum Gasteiger partial charge on any atom is -0.469 e. The number of hydrogen-bond donors (Lipinski definition) is 1. The number of benzene rings is 1. The summed E-state index contributed by atoms with van der Waals surface area (Å²) in [6, 6.07) is 9.13. The Balaban J connectivity index is 1.79. The van der Waals surface area contributed by atoms with Gasteiger partial charge in [0.15, 0.2) is 0 Å². The monoisotopic (exact) mass is 397 g/mol. The molecule has 1 aliphatic rings. The SMILES string of the molecule is CC(NC1CCCc2occc21)c1ccc(Br)cc1Br. The Bertz CT molecular complexity index is 608. The third-order valence-corrected chi connectivity index (χ3v) is 5.11. The van der Waals surface area contributed by atoms with E-state index in [1.54, 1.807) is 0 Å². The van der Waals surface area contributed by atoms with Gasteiger partial charge in [0.1, 0.15) is 5.76 Å². The van der Waals surface area contributed by atoms with Gasteiger partial charge in [0.05, 0.1) is 6.26 Å². The number of rotatable bonds is 3. The molecule has 1 heterocycles. The third-order valence-electron chi connectivity index (χ3n) is 3.93. The zero-order chi connectivity index (χ0) is 14.1. The molecule has 3 rings (SSSR count). The van der Waals surface area contributed by atoms with Crippen LogP contribution < -0.4 is 5.32 Å². The van der Waals surface area contributed by atoms with Crippen molar-refractivity contribution in [3.05, 3.63) is 56.4 Å². The van der Waals surface area contributed by atoms with Crippen LogP contribution in [0.2, 0.25) is 0 Å². The second-order valence-electron chi connectivity index (χ2n) is 5.30. The Hall–Kier alpha value is -0.580. The number of nitrogens with one attached hydrogen (secondary N) is 1. The van der Waals surface area contributed by atoms with Crippen LogP contribution in [-0.4, -0.2) is 0 Å². The van der Waals surface area contributed by atoms with Gasteiger partial charge in [-0.15, -0.1) is 0 Å². The highest BCUT2D eigenvalue weighted by Crippen LogP contribution is 2.34. The van der Waals surface area contributed by atoms with E-state index >= 15 is 0 Å². The van der Waals surface area contributed by atoms with Crippen molar-refractivity contribution in [1.29, 1.82) is 0 Å². The van der Waals surface area contributed by atoms with Gasteiger partial charge in [0, 0.05) is 33.0 Å². The maximum absolute atomic E-state index is 5.56. The summed E-state index contributed by atoms with van der Waals surface area (Å²) in [5.41, 5.74) is 2.61. The van der Waals surface area contributed by atoms with Crippen molar-refractivity contribution in [2.75, 3.05) is 0 Å². The molecule has 0 radical (unpaired) electrons.